The van der Waals surface area contributed by atoms with Gasteiger partial charge < -0.3 is 5.11 Å². The Kier molecular flexibility index (Phi) is 5.55. The monoisotopic (exact) mass is 528 g/mol. The van der Waals surface area contributed by atoms with Crippen LogP contribution < -0.4 is 16.9 Å². The molecule has 2 aromatic heterocycles. The molecule has 1 N–H and O–H groups in total. The fourth-order valence-electron chi connectivity index (χ4n) is 5.61. The molecule has 4 aromatic rings. The first-order valence-electron chi connectivity index (χ1n) is 11.8. The van der Waals surface area contributed by atoms with E-state index >= 15 is 13.2 Å². The molecule has 12 heteroatoms. The highest BCUT2D eigenvalue weighted by molar-refractivity contribution is 5.87. The van der Waals surface area contributed by atoms with Crippen LogP contribution in [0.3, 0.4) is 0 Å². The number of carboxylic acid groups (broad SMARTS) is 1. The van der Waals surface area contributed by atoms with Crippen molar-refractivity contribution in [3.8, 4) is 5.69 Å². The number of aryl methyl sites for hydroxylation is 3. The van der Waals surface area contributed by atoms with Crippen LogP contribution in [-0.4, -0.2) is 35.5 Å². The molecule has 5 rings (SSSR count). The van der Waals surface area contributed by atoms with Gasteiger partial charge in [0.25, 0.3) is 5.56 Å². The van der Waals surface area contributed by atoms with Gasteiger partial charge in [-0.05, 0) is 54.2 Å². The van der Waals surface area contributed by atoms with E-state index < -0.39 is 40.9 Å². The van der Waals surface area contributed by atoms with Gasteiger partial charge in [0, 0.05) is 20.3 Å². The van der Waals surface area contributed by atoms with Crippen LogP contribution in [0.15, 0.2) is 57.0 Å². The number of alkyl halides is 3. The highest BCUT2D eigenvalue weighted by Gasteiger charge is 2.62. The van der Waals surface area contributed by atoms with Gasteiger partial charge in [-0.25, -0.2) is 19.0 Å². The van der Waals surface area contributed by atoms with Crippen molar-refractivity contribution in [3.63, 3.8) is 0 Å². The summed E-state index contributed by atoms with van der Waals surface area (Å²) in [4.78, 5) is 51.6. The van der Waals surface area contributed by atoms with Crippen LogP contribution in [0.4, 0.5) is 13.2 Å². The SMILES string of the molecule is CCc1cccc2c1CCC2(n1c(=O)c(C(=O)O)cn(-c2ccc3c(c2)n(C)c(=O)n3C)c1=O)C(F)(F)F. The Morgan fingerprint density at radius 3 is 2.34 bits per heavy atom. The minimum absolute atomic E-state index is 0.00203. The van der Waals surface area contributed by atoms with E-state index in [1.165, 1.54) is 53.6 Å². The van der Waals surface area contributed by atoms with Gasteiger partial charge in [-0.3, -0.25) is 18.5 Å². The quantitative estimate of drug-likeness (QED) is 0.438. The number of rotatable bonds is 4. The van der Waals surface area contributed by atoms with Crippen LogP contribution in [0.1, 0.15) is 40.4 Å². The minimum Gasteiger partial charge on any atom is -0.477 e. The van der Waals surface area contributed by atoms with E-state index in [-0.39, 0.29) is 27.9 Å². The van der Waals surface area contributed by atoms with E-state index in [2.05, 4.69) is 0 Å². The summed E-state index contributed by atoms with van der Waals surface area (Å²) in [6, 6.07) is 8.63. The van der Waals surface area contributed by atoms with Crippen LogP contribution in [0.25, 0.3) is 16.7 Å². The molecule has 38 heavy (non-hydrogen) atoms. The number of aromatic nitrogens is 4. The maximum Gasteiger partial charge on any atom is 0.416 e. The number of hydrogen-bond donors (Lipinski definition) is 1. The lowest BCUT2D eigenvalue weighted by molar-refractivity contribution is -0.201. The third-order valence-electron chi connectivity index (χ3n) is 7.54. The summed E-state index contributed by atoms with van der Waals surface area (Å²) in [5.41, 5.74) is -5.63. The van der Waals surface area contributed by atoms with Crippen molar-refractivity contribution in [3.05, 3.63) is 96.2 Å². The van der Waals surface area contributed by atoms with Crippen molar-refractivity contribution >= 4 is 17.0 Å². The van der Waals surface area contributed by atoms with Gasteiger partial charge >= 0.3 is 23.5 Å². The van der Waals surface area contributed by atoms with Gasteiger partial charge in [0.2, 0.25) is 0 Å². The number of hydrogen-bond acceptors (Lipinski definition) is 4. The zero-order valence-corrected chi connectivity index (χ0v) is 20.7. The molecular formula is C26H23F3N4O5. The minimum atomic E-state index is -5.10. The second-order valence-electron chi connectivity index (χ2n) is 9.37. The molecule has 0 aliphatic heterocycles. The van der Waals surface area contributed by atoms with Gasteiger partial charge in [-0.15, -0.1) is 0 Å². The van der Waals surface area contributed by atoms with Crippen molar-refractivity contribution < 1.29 is 23.1 Å². The van der Waals surface area contributed by atoms with Gasteiger partial charge in [0.1, 0.15) is 5.56 Å². The molecule has 1 unspecified atom stereocenters. The van der Waals surface area contributed by atoms with Crippen LogP contribution in [0, 0.1) is 0 Å². The molecule has 0 spiro atoms. The summed E-state index contributed by atoms with van der Waals surface area (Å²) in [5.74, 6) is -1.77. The molecule has 0 amide bonds. The summed E-state index contributed by atoms with van der Waals surface area (Å²) >= 11 is 0. The van der Waals surface area contributed by atoms with E-state index in [0.29, 0.717) is 28.6 Å². The summed E-state index contributed by atoms with van der Waals surface area (Å²) in [6.45, 7) is 1.79. The lowest BCUT2D eigenvalue weighted by atomic mass is 9.89. The average Bonchev–Trinajstić information content (AvgIpc) is 3.36. The first-order chi connectivity index (χ1) is 17.8. The van der Waals surface area contributed by atoms with E-state index in [0.717, 1.165) is 10.8 Å². The highest BCUT2D eigenvalue weighted by Crippen LogP contribution is 2.50. The van der Waals surface area contributed by atoms with Crippen molar-refractivity contribution in [1.29, 1.82) is 0 Å². The highest BCUT2D eigenvalue weighted by atomic mass is 19.4. The Morgan fingerprint density at radius 2 is 1.71 bits per heavy atom. The molecule has 0 fully saturated rings. The van der Waals surface area contributed by atoms with Crippen LogP contribution in [0.2, 0.25) is 0 Å². The van der Waals surface area contributed by atoms with Gasteiger partial charge in [0.15, 0.2) is 5.54 Å². The number of carbonyl (C=O) groups is 1. The lowest BCUT2D eigenvalue weighted by Gasteiger charge is -2.34. The molecule has 2 heterocycles. The normalized spacial score (nSPS) is 17.2. The van der Waals surface area contributed by atoms with Gasteiger partial charge in [-0.1, -0.05) is 25.1 Å². The smallest absolute Gasteiger partial charge is 0.416 e. The molecule has 1 aliphatic rings. The molecule has 1 aliphatic carbocycles. The summed E-state index contributed by atoms with van der Waals surface area (Å²) < 4.78 is 48.6. The zero-order chi connectivity index (χ0) is 27.7. The average molecular weight is 528 g/mol. The number of imidazole rings is 1. The molecule has 0 saturated carbocycles. The molecule has 0 saturated heterocycles. The molecular weight excluding hydrogens is 505 g/mol. The standard InChI is InChI=1S/C26H23F3N4O5/c1-4-14-6-5-7-18-16(14)10-11-25(18,26(27,28)29)33-21(34)17(22(35)36)13-32(24(33)38)15-8-9-19-20(12-15)31(3)23(37)30(19)2/h5-9,12-13H,4,10-11H2,1-3H3,(H,35,36). The van der Waals surface area contributed by atoms with E-state index in [4.69, 9.17) is 0 Å². The van der Waals surface area contributed by atoms with Crippen LogP contribution in [-0.2, 0) is 32.5 Å². The van der Waals surface area contributed by atoms with Crippen molar-refractivity contribution in [2.24, 2.45) is 14.1 Å². The van der Waals surface area contributed by atoms with Crippen LogP contribution >= 0.6 is 0 Å². The van der Waals surface area contributed by atoms with E-state index in [1.54, 1.807) is 13.0 Å². The fourth-order valence-corrected chi connectivity index (χ4v) is 5.61. The number of fused-ring (bicyclic) bond motifs is 2. The first-order valence-corrected chi connectivity index (χ1v) is 11.8. The molecule has 0 bridgehead atoms. The molecule has 2 aromatic carbocycles. The zero-order valence-electron chi connectivity index (χ0n) is 20.7. The van der Waals surface area contributed by atoms with Crippen LogP contribution in [0.5, 0.6) is 0 Å². The maximum absolute atomic E-state index is 15.1. The number of nitrogens with zero attached hydrogens (tertiary/aromatic N) is 4. The Balaban J connectivity index is 1.91. The molecule has 198 valence electrons. The third kappa shape index (κ3) is 3.25. The molecule has 9 nitrogen and oxygen atoms in total. The van der Waals surface area contributed by atoms with Crippen molar-refractivity contribution in [1.82, 2.24) is 18.3 Å². The Bertz CT molecular complexity index is 1830. The second-order valence-corrected chi connectivity index (χ2v) is 9.37. The molecule has 1 atom stereocenters. The van der Waals surface area contributed by atoms with E-state index in [9.17, 15) is 24.3 Å². The first kappa shape index (κ1) is 25.3. The van der Waals surface area contributed by atoms with E-state index in [1.807, 2.05) is 0 Å². The van der Waals surface area contributed by atoms with Gasteiger partial charge in [0.05, 0.1) is 16.7 Å². The Labute approximate surface area is 212 Å². The number of halogens is 3. The Hall–Kier alpha value is -4.35. The second kappa shape index (κ2) is 8.33. The largest absolute Gasteiger partial charge is 0.477 e. The predicted molar refractivity (Wildman–Crippen MR) is 132 cm³/mol. The predicted octanol–water partition coefficient (Wildman–Crippen LogP) is 2.70. The summed E-state index contributed by atoms with van der Waals surface area (Å²) in [5, 5.41) is 9.76. The van der Waals surface area contributed by atoms with Crippen molar-refractivity contribution in [2.75, 3.05) is 0 Å². The molecule has 0 radical (unpaired) electrons. The van der Waals surface area contributed by atoms with Gasteiger partial charge in [-0.2, -0.15) is 13.2 Å². The summed E-state index contributed by atoms with van der Waals surface area (Å²) in [6.07, 6.45) is -4.60. The topological polar surface area (TPSA) is 108 Å². The Morgan fingerprint density at radius 1 is 1.03 bits per heavy atom. The summed E-state index contributed by atoms with van der Waals surface area (Å²) in [7, 11) is 3.02. The lowest BCUT2D eigenvalue weighted by Crippen LogP contribution is -2.59. The maximum atomic E-state index is 15.1. The van der Waals surface area contributed by atoms with Crippen molar-refractivity contribution in [2.45, 2.75) is 37.9 Å². The third-order valence-corrected chi connectivity index (χ3v) is 7.54. The number of carboxylic acids is 1. The fraction of sp³-hybridized carbons (Fsp3) is 0.308. The number of benzene rings is 2. The number of aromatic carboxylic acids is 1.